The van der Waals surface area contributed by atoms with Crippen LogP contribution in [0.3, 0.4) is 0 Å². The second-order valence-corrected chi connectivity index (χ2v) is 7.18. The van der Waals surface area contributed by atoms with Crippen molar-refractivity contribution in [3.63, 3.8) is 0 Å². The summed E-state index contributed by atoms with van der Waals surface area (Å²) in [6.45, 7) is 1.21. The van der Waals surface area contributed by atoms with Gasteiger partial charge in [0, 0.05) is 43.0 Å². The smallest absolute Gasteiger partial charge is 0.354 e. The zero-order chi connectivity index (χ0) is 21.8. The number of nitrogens with one attached hydrogen (secondary N) is 1. The van der Waals surface area contributed by atoms with Gasteiger partial charge in [0.05, 0.1) is 5.69 Å². The highest BCUT2D eigenvalue weighted by Crippen LogP contribution is 2.26. The van der Waals surface area contributed by atoms with E-state index in [-0.39, 0.29) is 11.8 Å². The van der Waals surface area contributed by atoms with E-state index in [4.69, 9.17) is 20.9 Å². The van der Waals surface area contributed by atoms with E-state index in [0.29, 0.717) is 31.1 Å². The van der Waals surface area contributed by atoms with E-state index in [2.05, 4.69) is 9.97 Å². The molecule has 0 radical (unpaired) electrons. The van der Waals surface area contributed by atoms with Crippen LogP contribution in [-0.2, 0) is 11.3 Å². The normalized spacial score (nSPS) is 12.2. The number of nitrogens with two attached hydrogens (primary N) is 2. The Kier molecular flexibility index (Phi) is 6.13. The molecule has 0 spiro atoms. The van der Waals surface area contributed by atoms with Crippen LogP contribution < -0.4 is 21.9 Å². The lowest BCUT2D eigenvalue weighted by molar-refractivity contribution is 0.0644. The third kappa shape index (κ3) is 4.51. The summed E-state index contributed by atoms with van der Waals surface area (Å²) in [5.74, 6) is 0.708. The Morgan fingerprint density at radius 1 is 1.13 bits per heavy atom. The van der Waals surface area contributed by atoms with Crippen LogP contribution >= 0.6 is 0 Å². The maximum Gasteiger partial charge on any atom is 0.354 e. The molecule has 0 bridgehead atoms. The van der Waals surface area contributed by atoms with Gasteiger partial charge in [-0.2, -0.15) is 4.98 Å². The van der Waals surface area contributed by atoms with Crippen molar-refractivity contribution < 1.29 is 9.47 Å². The first-order valence-electron chi connectivity index (χ1n) is 9.99. The van der Waals surface area contributed by atoms with Gasteiger partial charge in [-0.1, -0.05) is 24.3 Å². The van der Waals surface area contributed by atoms with Crippen LogP contribution in [-0.4, -0.2) is 40.9 Å². The minimum absolute atomic E-state index is 0.161. The molecule has 0 saturated carbocycles. The number of nitrogens with zero attached hydrogens (tertiary/aromatic N) is 2. The van der Waals surface area contributed by atoms with E-state index in [1.165, 1.54) is 4.57 Å². The number of hydrogen-bond donors (Lipinski definition) is 3. The molecule has 2 heterocycles. The van der Waals surface area contributed by atoms with Crippen molar-refractivity contribution in [2.75, 3.05) is 20.3 Å². The molecule has 4 aromatic rings. The van der Waals surface area contributed by atoms with Gasteiger partial charge < -0.3 is 25.9 Å². The number of aromatic nitrogens is 3. The predicted octanol–water partition coefficient (Wildman–Crippen LogP) is 2.19. The van der Waals surface area contributed by atoms with E-state index in [9.17, 15) is 4.79 Å². The lowest BCUT2D eigenvalue weighted by Crippen LogP contribution is -2.28. The van der Waals surface area contributed by atoms with E-state index in [1.807, 2.05) is 54.6 Å². The maximum atomic E-state index is 12.6. The molecular weight excluding hydrogens is 394 g/mol. The molecule has 1 atom stereocenters. The van der Waals surface area contributed by atoms with Gasteiger partial charge in [0.15, 0.2) is 0 Å². The molecule has 5 N–H and O–H groups in total. The fourth-order valence-corrected chi connectivity index (χ4v) is 3.30. The quantitative estimate of drug-likeness (QED) is 0.403. The SMILES string of the molecule is CO[C@H](CN)COc1cccc(-c2cc3cn(-c4ccc(CN)cc4)c(=O)nc3[nH]2)c1. The summed E-state index contributed by atoms with van der Waals surface area (Å²) in [4.78, 5) is 20.0. The van der Waals surface area contributed by atoms with E-state index in [1.54, 1.807) is 13.3 Å². The van der Waals surface area contributed by atoms with Gasteiger partial charge in [-0.3, -0.25) is 4.57 Å². The molecule has 4 rings (SSSR count). The highest BCUT2D eigenvalue weighted by atomic mass is 16.5. The second kappa shape index (κ2) is 9.13. The first-order chi connectivity index (χ1) is 15.1. The summed E-state index contributed by atoms with van der Waals surface area (Å²) in [6.07, 6.45) is 1.62. The third-order valence-corrected chi connectivity index (χ3v) is 5.14. The molecule has 0 unspecified atom stereocenters. The number of ether oxygens (including phenoxy) is 2. The average Bonchev–Trinajstić information content (AvgIpc) is 3.22. The van der Waals surface area contributed by atoms with Crippen LogP contribution in [0.4, 0.5) is 0 Å². The number of methoxy groups -OCH3 is 1. The monoisotopic (exact) mass is 419 g/mol. The van der Waals surface area contributed by atoms with Crippen LogP contribution in [0.15, 0.2) is 65.6 Å². The fourth-order valence-electron chi connectivity index (χ4n) is 3.30. The highest BCUT2D eigenvalue weighted by molar-refractivity contribution is 5.82. The molecule has 0 amide bonds. The highest BCUT2D eigenvalue weighted by Gasteiger charge is 2.11. The van der Waals surface area contributed by atoms with Gasteiger partial charge in [-0.15, -0.1) is 0 Å². The summed E-state index contributed by atoms with van der Waals surface area (Å²) >= 11 is 0. The predicted molar refractivity (Wildman–Crippen MR) is 120 cm³/mol. The summed E-state index contributed by atoms with van der Waals surface area (Å²) in [5, 5.41) is 0.825. The van der Waals surface area contributed by atoms with Gasteiger partial charge in [-0.25, -0.2) is 4.79 Å². The third-order valence-electron chi connectivity index (χ3n) is 5.14. The van der Waals surface area contributed by atoms with Crippen molar-refractivity contribution in [1.29, 1.82) is 0 Å². The van der Waals surface area contributed by atoms with Gasteiger partial charge >= 0.3 is 5.69 Å². The van der Waals surface area contributed by atoms with Crippen LogP contribution in [0.25, 0.3) is 28.0 Å². The molecule has 0 aliphatic rings. The number of benzene rings is 2. The first kappa shape index (κ1) is 20.8. The molecule has 0 aliphatic carbocycles. The second-order valence-electron chi connectivity index (χ2n) is 7.18. The number of fused-ring (bicyclic) bond motifs is 1. The van der Waals surface area contributed by atoms with E-state index < -0.39 is 0 Å². The minimum Gasteiger partial charge on any atom is -0.491 e. The van der Waals surface area contributed by atoms with E-state index >= 15 is 0 Å². The van der Waals surface area contributed by atoms with Crippen molar-refractivity contribution in [1.82, 2.24) is 14.5 Å². The van der Waals surface area contributed by atoms with Gasteiger partial charge in [0.2, 0.25) is 0 Å². The Morgan fingerprint density at radius 3 is 2.65 bits per heavy atom. The van der Waals surface area contributed by atoms with Gasteiger partial charge in [-0.05, 0) is 35.9 Å². The first-order valence-corrected chi connectivity index (χ1v) is 9.99. The summed E-state index contributed by atoms with van der Waals surface area (Å²) in [6, 6.07) is 17.2. The maximum absolute atomic E-state index is 12.6. The number of H-pyrrole nitrogens is 1. The minimum atomic E-state index is -0.356. The van der Waals surface area contributed by atoms with Crippen molar-refractivity contribution in [2.24, 2.45) is 11.5 Å². The topological polar surface area (TPSA) is 121 Å². The molecule has 160 valence electrons. The largest absolute Gasteiger partial charge is 0.491 e. The summed E-state index contributed by atoms with van der Waals surface area (Å²) < 4.78 is 12.6. The molecule has 0 saturated heterocycles. The molecular formula is C23H25N5O3. The molecule has 8 heteroatoms. The Balaban J connectivity index is 1.63. The molecule has 0 fully saturated rings. The molecule has 2 aromatic heterocycles. The summed E-state index contributed by atoms with van der Waals surface area (Å²) in [7, 11) is 1.61. The van der Waals surface area contributed by atoms with Crippen molar-refractivity contribution in [2.45, 2.75) is 12.6 Å². The van der Waals surface area contributed by atoms with Gasteiger partial charge in [0.1, 0.15) is 24.1 Å². The van der Waals surface area contributed by atoms with Crippen LogP contribution in [0.1, 0.15) is 5.56 Å². The summed E-state index contributed by atoms with van der Waals surface area (Å²) in [5.41, 5.74) is 15.0. The zero-order valence-corrected chi connectivity index (χ0v) is 17.2. The van der Waals surface area contributed by atoms with Crippen LogP contribution in [0, 0.1) is 0 Å². The van der Waals surface area contributed by atoms with Crippen molar-refractivity contribution in [3.8, 4) is 22.7 Å². The lowest BCUT2D eigenvalue weighted by Gasteiger charge is -2.14. The molecule has 8 nitrogen and oxygen atoms in total. The van der Waals surface area contributed by atoms with Crippen molar-refractivity contribution >= 4 is 11.0 Å². The Bertz CT molecular complexity index is 1230. The molecule has 31 heavy (non-hydrogen) atoms. The zero-order valence-electron chi connectivity index (χ0n) is 17.2. The number of rotatable bonds is 8. The molecule has 0 aliphatic heterocycles. The average molecular weight is 419 g/mol. The van der Waals surface area contributed by atoms with E-state index in [0.717, 1.165) is 27.9 Å². The molecule has 2 aromatic carbocycles. The number of aromatic amines is 1. The number of hydrogen-bond acceptors (Lipinski definition) is 6. The lowest BCUT2D eigenvalue weighted by atomic mass is 10.1. The standard InChI is InChI=1S/C23H25N5O3/c1-30-20(12-25)14-31-19-4-2-3-16(9-19)21-10-17-13-28(23(29)27-22(17)26-21)18-7-5-15(11-24)6-8-18/h2-10,13,20H,11-12,14,24-25H2,1H3,(H,26,27,29)/t20-/m1/s1. The van der Waals surface area contributed by atoms with Crippen molar-refractivity contribution in [3.05, 3.63) is 76.8 Å². The van der Waals surface area contributed by atoms with Crippen LogP contribution in [0.2, 0.25) is 0 Å². The Labute approximate surface area is 179 Å². The van der Waals surface area contributed by atoms with Crippen LogP contribution in [0.5, 0.6) is 5.75 Å². The van der Waals surface area contributed by atoms with Gasteiger partial charge in [0.25, 0.3) is 0 Å². The Hall–Kier alpha value is -3.46. The fraction of sp³-hybridized carbons (Fsp3) is 0.217. The Morgan fingerprint density at radius 2 is 1.94 bits per heavy atom.